The number of hydrogen-bond acceptors (Lipinski definition) is 10. The maximum absolute atomic E-state index is 14.2. The first-order valence-electron chi connectivity index (χ1n) is 16.4. The first kappa shape index (κ1) is 37.5. The van der Waals surface area contributed by atoms with Gasteiger partial charge in [-0.15, -0.1) is 6.58 Å². The highest BCUT2D eigenvalue weighted by Gasteiger charge is 2.55. The molecule has 0 aromatic carbocycles. The van der Waals surface area contributed by atoms with Gasteiger partial charge in [0.25, 0.3) is 0 Å². The van der Waals surface area contributed by atoms with Gasteiger partial charge < -0.3 is 33.7 Å². The lowest BCUT2D eigenvalue weighted by atomic mass is 9.69. The Morgan fingerprint density at radius 2 is 1.71 bits per heavy atom. The van der Waals surface area contributed by atoms with Gasteiger partial charge in [-0.25, -0.2) is 0 Å². The Morgan fingerprint density at radius 3 is 2.29 bits per heavy atom. The molecule has 0 aliphatic carbocycles. The molecular weight excluding hydrogens is 578 g/mol. The summed E-state index contributed by atoms with van der Waals surface area (Å²) in [5.41, 5.74) is -1.44. The molecule has 3 unspecified atom stereocenters. The second kappa shape index (κ2) is 14.9. The minimum atomic E-state index is -1.22. The van der Waals surface area contributed by atoms with Crippen molar-refractivity contribution in [2.75, 3.05) is 27.3 Å². The summed E-state index contributed by atoms with van der Waals surface area (Å²) in [6.45, 7) is 22.9. The molecule has 3 heterocycles. The third-order valence-electron chi connectivity index (χ3n) is 10.4. The largest absolute Gasteiger partial charge is 0.459 e. The lowest BCUT2D eigenvalue weighted by molar-refractivity contribution is -0.296. The van der Waals surface area contributed by atoms with Crippen LogP contribution in [0, 0.1) is 29.6 Å². The summed E-state index contributed by atoms with van der Waals surface area (Å²) in [5, 5.41) is 11.4. The van der Waals surface area contributed by atoms with Gasteiger partial charge in [-0.1, -0.05) is 40.3 Å². The van der Waals surface area contributed by atoms with Crippen molar-refractivity contribution >= 4 is 17.5 Å². The van der Waals surface area contributed by atoms with E-state index in [1.165, 1.54) is 6.92 Å². The van der Waals surface area contributed by atoms with Crippen LogP contribution in [0.5, 0.6) is 0 Å². The number of Topliss-reactive ketones (excluding diaryl/α,β-unsaturated/α-hetero) is 2. The van der Waals surface area contributed by atoms with Crippen molar-refractivity contribution in [3.8, 4) is 0 Å². The molecule has 3 fully saturated rings. The van der Waals surface area contributed by atoms with Gasteiger partial charge >= 0.3 is 5.97 Å². The van der Waals surface area contributed by atoms with Crippen LogP contribution >= 0.6 is 0 Å². The fraction of sp³-hybridized carbons (Fsp3) is 0.800. The number of esters is 1. The summed E-state index contributed by atoms with van der Waals surface area (Å²) in [7, 11) is 3.77. The lowest BCUT2D eigenvalue weighted by Gasteiger charge is -2.47. The molecule has 0 amide bonds. The molecule has 0 aromatic heterocycles. The van der Waals surface area contributed by atoms with Crippen LogP contribution in [0.2, 0.25) is 0 Å². The number of ether oxygens (including phenoxy) is 5. The number of carbonyl (C=O) groups is 3. The highest BCUT2D eigenvalue weighted by Crippen LogP contribution is 2.46. The van der Waals surface area contributed by atoms with Gasteiger partial charge in [-0.3, -0.25) is 14.4 Å². The lowest BCUT2D eigenvalue weighted by Crippen LogP contribution is -2.59. The van der Waals surface area contributed by atoms with E-state index in [1.807, 2.05) is 60.5 Å². The van der Waals surface area contributed by atoms with Crippen LogP contribution in [0.1, 0.15) is 74.7 Å². The smallest absolute Gasteiger partial charge is 0.316 e. The van der Waals surface area contributed by atoms with E-state index in [0.717, 1.165) is 5.57 Å². The Balaban J connectivity index is 2.14. The molecule has 13 atom stereocenters. The van der Waals surface area contributed by atoms with E-state index in [1.54, 1.807) is 13.0 Å². The first-order valence-corrected chi connectivity index (χ1v) is 16.4. The van der Waals surface area contributed by atoms with Crippen molar-refractivity contribution in [2.24, 2.45) is 29.6 Å². The predicted octanol–water partition coefficient (Wildman–Crippen LogP) is 4.13. The van der Waals surface area contributed by atoms with Gasteiger partial charge in [0.15, 0.2) is 12.1 Å². The molecule has 256 valence electrons. The summed E-state index contributed by atoms with van der Waals surface area (Å²) in [6, 6.07) is -0.249. The van der Waals surface area contributed by atoms with Crippen LogP contribution in [0.15, 0.2) is 24.8 Å². The summed E-state index contributed by atoms with van der Waals surface area (Å²) in [5.74, 6) is -4.55. The van der Waals surface area contributed by atoms with Gasteiger partial charge in [0.2, 0.25) is 0 Å². The Morgan fingerprint density at radius 1 is 1.07 bits per heavy atom. The molecule has 10 heteroatoms. The SMILES string of the molecule is C=CCO[C@]1(C)CC(C)C(=O)C(C)[C@@H]2C(=C)CO[C@]2(C)[C@@H](CC)OC(=O)C(C)C(=O)[C@H](C)[C@H]1O[C@@H]1O[C@H](C)C[C@H](N(C)C)[C@H]1O. The normalized spacial score (nSPS) is 44.0. The topological polar surface area (TPSA) is 121 Å². The highest BCUT2D eigenvalue weighted by molar-refractivity contribution is 6.00. The van der Waals surface area contributed by atoms with E-state index in [2.05, 4.69) is 13.2 Å². The van der Waals surface area contributed by atoms with Crippen LogP contribution in [-0.4, -0.2) is 103 Å². The number of nitrogens with zero attached hydrogens (tertiary/aromatic N) is 1. The monoisotopic (exact) mass is 635 g/mol. The van der Waals surface area contributed by atoms with E-state index in [9.17, 15) is 19.5 Å². The number of carbonyl (C=O) groups excluding carboxylic acids is 3. The predicted molar refractivity (Wildman–Crippen MR) is 170 cm³/mol. The molecule has 3 aliphatic rings. The standard InChI is InChI=1S/C35H57NO9/c1-13-15-41-34(9)17-19(3)28(37)22(6)27-20(4)18-42-35(27,10)26(14-2)44-32(40)24(8)29(38)23(7)31(34)45-33-30(39)25(36(11)12)16-21(5)43-33/h13,19,21-27,30-31,33,39H,1,4,14-18H2,2-3,5-12H3/t19?,21-,22?,23+,24?,25+,26-,27+,30-,31-,33+,34-,35-/m1/s1. The summed E-state index contributed by atoms with van der Waals surface area (Å²) in [4.78, 5) is 43.9. The fourth-order valence-corrected chi connectivity index (χ4v) is 7.90. The molecule has 3 rings (SSSR count). The van der Waals surface area contributed by atoms with Crippen LogP contribution in [-0.2, 0) is 38.1 Å². The molecule has 10 nitrogen and oxygen atoms in total. The van der Waals surface area contributed by atoms with Crippen LogP contribution in [0.4, 0.5) is 0 Å². The van der Waals surface area contributed by atoms with Crippen molar-refractivity contribution in [3.05, 3.63) is 24.8 Å². The Bertz CT molecular complexity index is 1110. The zero-order valence-corrected chi connectivity index (χ0v) is 29.0. The van der Waals surface area contributed by atoms with Crippen molar-refractivity contribution in [2.45, 2.75) is 123 Å². The summed E-state index contributed by atoms with van der Waals surface area (Å²) in [6.07, 6.45) is -1.20. The van der Waals surface area contributed by atoms with E-state index >= 15 is 0 Å². The average Bonchev–Trinajstić information content (AvgIpc) is 3.30. The van der Waals surface area contributed by atoms with Crippen molar-refractivity contribution in [1.82, 2.24) is 4.90 Å². The van der Waals surface area contributed by atoms with Gasteiger partial charge in [0, 0.05) is 29.7 Å². The molecule has 0 spiro atoms. The van der Waals surface area contributed by atoms with Crippen LogP contribution in [0.3, 0.4) is 0 Å². The molecule has 0 bridgehead atoms. The minimum Gasteiger partial charge on any atom is -0.459 e. The maximum atomic E-state index is 14.2. The zero-order chi connectivity index (χ0) is 34.0. The Hall–Kier alpha value is -1.95. The number of hydrogen-bond donors (Lipinski definition) is 1. The van der Waals surface area contributed by atoms with Crippen molar-refractivity contribution < 1.29 is 43.2 Å². The number of likely N-dealkylation sites (N-methyl/N-ethyl adjacent to an activating group) is 1. The first-order chi connectivity index (χ1) is 20.9. The van der Waals surface area contributed by atoms with Gasteiger partial charge in [0.1, 0.15) is 29.5 Å². The molecule has 0 saturated carbocycles. The van der Waals surface area contributed by atoms with E-state index < -0.39 is 77.1 Å². The van der Waals surface area contributed by atoms with Gasteiger partial charge in [-0.2, -0.15) is 0 Å². The molecule has 3 saturated heterocycles. The molecule has 45 heavy (non-hydrogen) atoms. The molecular formula is C35H57NO9. The molecule has 1 N–H and O–H groups in total. The summed E-state index contributed by atoms with van der Waals surface area (Å²) < 4.78 is 31.4. The van der Waals surface area contributed by atoms with Gasteiger partial charge in [0.05, 0.1) is 31.0 Å². The Kier molecular flexibility index (Phi) is 12.4. The van der Waals surface area contributed by atoms with E-state index in [4.69, 9.17) is 23.7 Å². The number of cyclic esters (lactones) is 1. The molecule has 3 aliphatic heterocycles. The average molecular weight is 636 g/mol. The fourth-order valence-electron chi connectivity index (χ4n) is 7.90. The number of aliphatic hydroxyl groups is 1. The Labute approximate surface area is 269 Å². The van der Waals surface area contributed by atoms with Gasteiger partial charge in [-0.05, 0) is 66.6 Å². The van der Waals surface area contributed by atoms with Crippen LogP contribution < -0.4 is 0 Å². The molecule has 0 aromatic rings. The van der Waals surface area contributed by atoms with Crippen LogP contribution in [0.25, 0.3) is 0 Å². The van der Waals surface area contributed by atoms with Crippen molar-refractivity contribution in [3.63, 3.8) is 0 Å². The maximum Gasteiger partial charge on any atom is 0.316 e. The van der Waals surface area contributed by atoms with E-state index in [0.29, 0.717) is 12.8 Å². The summed E-state index contributed by atoms with van der Waals surface area (Å²) >= 11 is 0. The second-order valence-corrected chi connectivity index (χ2v) is 14.2. The minimum absolute atomic E-state index is 0.0223. The quantitative estimate of drug-likeness (QED) is 0.248. The number of ketones is 2. The highest BCUT2D eigenvalue weighted by atomic mass is 16.7. The third-order valence-corrected chi connectivity index (χ3v) is 10.4. The number of fused-ring (bicyclic) bond motifs is 1. The molecule has 0 radical (unpaired) electrons. The second-order valence-electron chi connectivity index (χ2n) is 14.2. The number of aliphatic hydroxyl groups excluding tert-OH is 1. The third kappa shape index (κ3) is 7.63. The zero-order valence-electron chi connectivity index (χ0n) is 29.0. The van der Waals surface area contributed by atoms with Crippen molar-refractivity contribution in [1.29, 1.82) is 0 Å². The van der Waals surface area contributed by atoms with E-state index in [-0.39, 0.29) is 37.6 Å². The number of rotatable bonds is 7.